The summed E-state index contributed by atoms with van der Waals surface area (Å²) >= 11 is 5.93. The van der Waals surface area contributed by atoms with E-state index in [-0.39, 0.29) is 22.1 Å². The third kappa shape index (κ3) is 4.10. The number of halogens is 1. The van der Waals surface area contributed by atoms with Gasteiger partial charge in [0.05, 0.1) is 17.1 Å². The van der Waals surface area contributed by atoms with Gasteiger partial charge in [-0.15, -0.1) is 0 Å². The molecule has 7 nitrogen and oxygen atoms in total. The van der Waals surface area contributed by atoms with Crippen LogP contribution in [0.4, 0.5) is 0 Å². The number of hydrogen-bond donors (Lipinski definition) is 0. The largest absolute Gasteiger partial charge is 0.460 e. The highest BCUT2D eigenvalue weighted by atomic mass is 35.5. The lowest BCUT2D eigenvalue weighted by atomic mass is 10.2. The van der Waals surface area contributed by atoms with Crippen molar-refractivity contribution in [1.29, 1.82) is 0 Å². The number of carbonyl (C=O) groups excluding carboxylic acids is 1. The zero-order valence-electron chi connectivity index (χ0n) is 12.6. The molecular weight excluding hydrogens is 342 g/mol. The normalized spacial score (nSPS) is 11.7. The average Bonchev–Trinajstić information content (AvgIpc) is 3.00. The minimum atomic E-state index is -3.74. The standard InChI is InChI=1S/C14H16ClN3O4S/c1-17(2)23(20,21)13-10-11(4-5-12(13)15)14(19)22-9-8-18-7-3-6-16-18/h3-7,10H,8-9H2,1-2H3. The molecule has 1 heterocycles. The molecule has 0 N–H and O–H groups in total. The van der Waals surface area contributed by atoms with Crippen molar-refractivity contribution in [2.24, 2.45) is 0 Å². The van der Waals surface area contributed by atoms with Gasteiger partial charge in [0, 0.05) is 26.5 Å². The molecule has 0 saturated carbocycles. The van der Waals surface area contributed by atoms with E-state index in [4.69, 9.17) is 16.3 Å². The molecule has 0 aliphatic heterocycles. The van der Waals surface area contributed by atoms with Gasteiger partial charge >= 0.3 is 5.97 Å². The highest BCUT2D eigenvalue weighted by Crippen LogP contribution is 2.25. The second-order valence-electron chi connectivity index (χ2n) is 4.84. The number of nitrogens with zero attached hydrogens (tertiary/aromatic N) is 3. The molecule has 0 fully saturated rings. The zero-order chi connectivity index (χ0) is 17.0. The van der Waals surface area contributed by atoms with Crippen LogP contribution in [0.25, 0.3) is 0 Å². The Morgan fingerprint density at radius 2 is 2.13 bits per heavy atom. The van der Waals surface area contributed by atoms with Crippen LogP contribution in [0.1, 0.15) is 10.4 Å². The van der Waals surface area contributed by atoms with Crippen LogP contribution in [0.15, 0.2) is 41.6 Å². The molecule has 23 heavy (non-hydrogen) atoms. The molecule has 0 aliphatic carbocycles. The lowest BCUT2D eigenvalue weighted by molar-refractivity contribution is 0.0487. The van der Waals surface area contributed by atoms with Crippen molar-refractivity contribution in [3.63, 3.8) is 0 Å². The van der Waals surface area contributed by atoms with Crippen LogP contribution in [0.2, 0.25) is 5.02 Å². The molecule has 0 unspecified atom stereocenters. The fraction of sp³-hybridized carbons (Fsp3) is 0.286. The van der Waals surface area contributed by atoms with Crippen LogP contribution >= 0.6 is 11.6 Å². The summed E-state index contributed by atoms with van der Waals surface area (Å²) in [5, 5.41) is 4.03. The smallest absolute Gasteiger partial charge is 0.338 e. The molecular formula is C14H16ClN3O4S. The Kier molecular flexibility index (Phi) is 5.40. The van der Waals surface area contributed by atoms with E-state index in [0.717, 1.165) is 4.31 Å². The molecule has 9 heteroatoms. The second kappa shape index (κ2) is 7.12. The van der Waals surface area contributed by atoms with Gasteiger partial charge < -0.3 is 4.74 Å². The van der Waals surface area contributed by atoms with Crippen LogP contribution in [0, 0.1) is 0 Å². The number of hydrogen-bond acceptors (Lipinski definition) is 5. The Balaban J connectivity index is 2.12. The monoisotopic (exact) mass is 357 g/mol. The second-order valence-corrected chi connectivity index (χ2v) is 7.37. The van der Waals surface area contributed by atoms with Crippen LogP contribution in [-0.4, -0.2) is 49.2 Å². The van der Waals surface area contributed by atoms with Crippen molar-refractivity contribution in [3.05, 3.63) is 47.2 Å². The lowest BCUT2D eigenvalue weighted by Gasteiger charge is -2.13. The van der Waals surface area contributed by atoms with Crippen molar-refractivity contribution >= 4 is 27.6 Å². The van der Waals surface area contributed by atoms with Gasteiger partial charge in [0.1, 0.15) is 11.5 Å². The first kappa shape index (κ1) is 17.5. The van der Waals surface area contributed by atoms with E-state index in [9.17, 15) is 13.2 Å². The third-order valence-electron chi connectivity index (χ3n) is 3.04. The van der Waals surface area contributed by atoms with Crippen LogP contribution in [-0.2, 0) is 21.3 Å². The Bertz CT molecular complexity index is 788. The molecule has 0 aliphatic rings. The third-order valence-corrected chi connectivity index (χ3v) is 5.33. The summed E-state index contributed by atoms with van der Waals surface area (Å²) in [7, 11) is -0.961. The van der Waals surface area contributed by atoms with Crippen molar-refractivity contribution in [2.75, 3.05) is 20.7 Å². The number of rotatable bonds is 6. The number of sulfonamides is 1. The fourth-order valence-electron chi connectivity index (χ4n) is 1.77. The predicted molar refractivity (Wildman–Crippen MR) is 84.8 cm³/mol. The topological polar surface area (TPSA) is 81.5 Å². The summed E-state index contributed by atoms with van der Waals surface area (Å²) < 4.78 is 32.1. The summed E-state index contributed by atoms with van der Waals surface area (Å²) in [6, 6.07) is 5.77. The quantitative estimate of drug-likeness (QED) is 0.734. The molecule has 0 spiro atoms. The maximum absolute atomic E-state index is 12.2. The number of benzene rings is 1. The van der Waals surface area contributed by atoms with E-state index >= 15 is 0 Å². The molecule has 1 aromatic carbocycles. The van der Waals surface area contributed by atoms with E-state index in [2.05, 4.69) is 5.10 Å². The van der Waals surface area contributed by atoms with E-state index in [0.29, 0.717) is 6.54 Å². The fourth-order valence-corrected chi connectivity index (χ4v) is 3.17. The Labute approximate surface area is 139 Å². The number of ether oxygens (including phenoxy) is 1. The van der Waals surface area contributed by atoms with Crippen molar-refractivity contribution < 1.29 is 17.9 Å². The van der Waals surface area contributed by atoms with Crippen LogP contribution in [0.3, 0.4) is 0 Å². The van der Waals surface area contributed by atoms with Gasteiger partial charge in [0.25, 0.3) is 0 Å². The first-order valence-corrected chi connectivity index (χ1v) is 8.51. The highest BCUT2D eigenvalue weighted by Gasteiger charge is 2.22. The maximum Gasteiger partial charge on any atom is 0.338 e. The Hall–Kier alpha value is -1.90. The molecule has 0 radical (unpaired) electrons. The van der Waals surface area contributed by atoms with Gasteiger partial charge in [-0.2, -0.15) is 5.10 Å². The van der Waals surface area contributed by atoms with E-state index in [1.807, 2.05) is 0 Å². The Morgan fingerprint density at radius 1 is 1.39 bits per heavy atom. The van der Waals surface area contributed by atoms with Gasteiger partial charge in [-0.1, -0.05) is 11.6 Å². The Morgan fingerprint density at radius 3 is 2.74 bits per heavy atom. The first-order valence-electron chi connectivity index (χ1n) is 6.69. The van der Waals surface area contributed by atoms with Crippen molar-refractivity contribution in [1.82, 2.24) is 14.1 Å². The molecule has 0 amide bonds. The van der Waals surface area contributed by atoms with Crippen LogP contribution in [0.5, 0.6) is 0 Å². The zero-order valence-corrected chi connectivity index (χ0v) is 14.2. The number of aromatic nitrogens is 2. The number of esters is 1. The minimum Gasteiger partial charge on any atom is -0.460 e. The van der Waals surface area contributed by atoms with Gasteiger partial charge in [0.2, 0.25) is 10.0 Å². The van der Waals surface area contributed by atoms with E-state index in [1.165, 1.54) is 32.3 Å². The van der Waals surface area contributed by atoms with Gasteiger partial charge in [-0.05, 0) is 24.3 Å². The van der Waals surface area contributed by atoms with Gasteiger partial charge in [-0.25, -0.2) is 17.5 Å². The molecule has 0 saturated heterocycles. The maximum atomic E-state index is 12.2. The SMILES string of the molecule is CN(C)S(=O)(=O)c1cc(C(=O)OCCn2cccn2)ccc1Cl. The molecule has 0 atom stereocenters. The molecule has 2 rings (SSSR count). The molecule has 2 aromatic rings. The number of carbonyl (C=O) groups is 1. The lowest BCUT2D eigenvalue weighted by Crippen LogP contribution is -2.23. The van der Waals surface area contributed by atoms with Crippen molar-refractivity contribution in [3.8, 4) is 0 Å². The summed E-state index contributed by atoms with van der Waals surface area (Å²) in [5.41, 5.74) is 0.121. The highest BCUT2D eigenvalue weighted by molar-refractivity contribution is 7.89. The van der Waals surface area contributed by atoms with Gasteiger partial charge in [0.15, 0.2) is 0 Å². The minimum absolute atomic E-state index is 0.0480. The summed E-state index contributed by atoms with van der Waals surface area (Å²) in [4.78, 5) is 11.9. The molecule has 1 aromatic heterocycles. The molecule has 124 valence electrons. The summed E-state index contributed by atoms with van der Waals surface area (Å²) in [5.74, 6) is -0.621. The molecule has 0 bridgehead atoms. The van der Waals surface area contributed by atoms with Crippen LogP contribution < -0.4 is 0 Å². The summed E-state index contributed by atoms with van der Waals surface area (Å²) in [6.07, 6.45) is 3.37. The van der Waals surface area contributed by atoms with Gasteiger partial charge in [-0.3, -0.25) is 4.68 Å². The van der Waals surface area contributed by atoms with Crippen molar-refractivity contribution in [2.45, 2.75) is 11.4 Å². The van der Waals surface area contributed by atoms with E-state index in [1.54, 1.807) is 23.1 Å². The van der Waals surface area contributed by atoms with E-state index < -0.39 is 16.0 Å². The summed E-state index contributed by atoms with van der Waals surface area (Å²) in [6.45, 7) is 0.536. The average molecular weight is 358 g/mol. The predicted octanol–water partition coefficient (Wildman–Crippen LogP) is 1.64. The first-order chi connectivity index (χ1) is 10.8.